The Bertz CT molecular complexity index is 893. The van der Waals surface area contributed by atoms with Gasteiger partial charge in [-0.25, -0.2) is 9.97 Å². The Morgan fingerprint density at radius 3 is 2.96 bits per heavy atom. The van der Waals surface area contributed by atoms with E-state index in [-0.39, 0.29) is 5.92 Å². The third kappa shape index (κ3) is 2.71. The maximum atomic E-state index is 4.94. The molecule has 0 amide bonds. The van der Waals surface area contributed by atoms with Crippen LogP contribution in [-0.4, -0.2) is 48.7 Å². The summed E-state index contributed by atoms with van der Waals surface area (Å²) < 4.78 is 0. The van der Waals surface area contributed by atoms with Gasteiger partial charge in [-0.1, -0.05) is 11.3 Å². The molecule has 1 saturated heterocycles. The third-order valence-electron chi connectivity index (χ3n) is 5.25. The van der Waals surface area contributed by atoms with Gasteiger partial charge in [-0.15, -0.1) is 10.2 Å². The Hall–Kier alpha value is -2.90. The maximum absolute atomic E-state index is 4.94. The molecule has 0 radical (unpaired) electrons. The highest BCUT2D eigenvalue weighted by Crippen LogP contribution is 2.34. The number of piperidine rings is 1. The number of aromatic nitrogens is 7. The SMILES string of the molecule is c1ccc(-c2nc3c(c(N4CCC[C@H](c5nn[nH]n5)C4)n2)CCC3)nc1. The fraction of sp³-hybridized carbons (Fsp3) is 0.444. The van der Waals surface area contributed by atoms with Crippen molar-refractivity contribution in [2.45, 2.75) is 38.0 Å². The molecule has 0 spiro atoms. The summed E-state index contributed by atoms with van der Waals surface area (Å²) in [5, 5.41) is 14.7. The van der Waals surface area contributed by atoms with E-state index in [1.165, 1.54) is 11.3 Å². The highest BCUT2D eigenvalue weighted by atomic mass is 15.5. The summed E-state index contributed by atoms with van der Waals surface area (Å²) in [4.78, 5) is 16.6. The molecule has 2 aliphatic rings. The average Bonchev–Trinajstić information content (AvgIpc) is 3.40. The molecule has 1 fully saturated rings. The van der Waals surface area contributed by atoms with E-state index in [0.717, 1.165) is 68.4 Å². The van der Waals surface area contributed by atoms with Crippen molar-refractivity contribution in [2.75, 3.05) is 18.0 Å². The Labute approximate surface area is 151 Å². The van der Waals surface area contributed by atoms with Gasteiger partial charge in [0.1, 0.15) is 11.5 Å². The topological polar surface area (TPSA) is 96.4 Å². The minimum atomic E-state index is 0.285. The lowest BCUT2D eigenvalue weighted by Crippen LogP contribution is -2.36. The number of hydrogen-bond donors (Lipinski definition) is 1. The molecule has 4 heterocycles. The van der Waals surface area contributed by atoms with Gasteiger partial charge in [-0.05, 0) is 44.2 Å². The standard InChI is InChI=1S/C18H20N8/c1-2-9-19-15(7-1)17-20-14-8-3-6-13(14)18(21-17)26-10-4-5-12(11-26)16-22-24-25-23-16/h1-2,7,9,12H,3-6,8,10-11H2,(H,22,23,24,25)/t12-/m0/s1. The summed E-state index contributed by atoms with van der Waals surface area (Å²) in [5.74, 6) is 2.88. The van der Waals surface area contributed by atoms with Crippen LogP contribution in [0.25, 0.3) is 11.5 Å². The second-order valence-corrected chi connectivity index (χ2v) is 6.92. The predicted octanol–water partition coefficient (Wildman–Crippen LogP) is 1.92. The lowest BCUT2D eigenvalue weighted by molar-refractivity contribution is 0.488. The number of pyridine rings is 1. The monoisotopic (exact) mass is 348 g/mol. The van der Waals surface area contributed by atoms with Crippen LogP contribution < -0.4 is 4.90 Å². The summed E-state index contributed by atoms with van der Waals surface area (Å²) in [5.41, 5.74) is 3.31. The smallest absolute Gasteiger partial charge is 0.180 e. The molecule has 0 unspecified atom stereocenters. The highest BCUT2D eigenvalue weighted by Gasteiger charge is 2.29. The first-order valence-corrected chi connectivity index (χ1v) is 9.18. The fourth-order valence-corrected chi connectivity index (χ4v) is 4.01. The van der Waals surface area contributed by atoms with Crippen LogP contribution in [0, 0.1) is 0 Å². The molecular formula is C18H20N8. The van der Waals surface area contributed by atoms with Crippen molar-refractivity contribution >= 4 is 5.82 Å². The summed E-state index contributed by atoms with van der Waals surface area (Å²) in [7, 11) is 0. The van der Waals surface area contributed by atoms with Crippen molar-refractivity contribution in [2.24, 2.45) is 0 Å². The minimum absolute atomic E-state index is 0.285. The number of aryl methyl sites for hydroxylation is 1. The van der Waals surface area contributed by atoms with Crippen LogP contribution >= 0.6 is 0 Å². The largest absolute Gasteiger partial charge is 0.356 e. The van der Waals surface area contributed by atoms with Crippen molar-refractivity contribution in [1.29, 1.82) is 0 Å². The van der Waals surface area contributed by atoms with Gasteiger partial charge in [0, 0.05) is 36.5 Å². The first kappa shape index (κ1) is 15.4. The second kappa shape index (κ2) is 6.44. The maximum Gasteiger partial charge on any atom is 0.180 e. The molecule has 1 aliphatic carbocycles. The summed E-state index contributed by atoms with van der Waals surface area (Å²) in [6, 6.07) is 5.86. The van der Waals surface area contributed by atoms with Gasteiger partial charge in [0.15, 0.2) is 11.6 Å². The molecule has 8 nitrogen and oxygen atoms in total. The number of hydrogen-bond acceptors (Lipinski definition) is 7. The quantitative estimate of drug-likeness (QED) is 0.772. The Morgan fingerprint density at radius 2 is 2.12 bits per heavy atom. The Balaban J connectivity index is 1.52. The van der Waals surface area contributed by atoms with Gasteiger partial charge >= 0.3 is 0 Å². The molecule has 1 aliphatic heterocycles. The average molecular weight is 348 g/mol. The number of aromatic amines is 1. The van der Waals surface area contributed by atoms with Gasteiger partial charge in [0.05, 0.1) is 0 Å². The summed E-state index contributed by atoms with van der Waals surface area (Å²) in [6.07, 6.45) is 7.18. The van der Waals surface area contributed by atoms with Crippen LogP contribution in [0.3, 0.4) is 0 Å². The van der Waals surface area contributed by atoms with Crippen molar-refractivity contribution in [3.8, 4) is 11.5 Å². The zero-order chi connectivity index (χ0) is 17.3. The Kier molecular flexibility index (Phi) is 3.80. The number of fused-ring (bicyclic) bond motifs is 1. The minimum Gasteiger partial charge on any atom is -0.356 e. The number of rotatable bonds is 3. The molecule has 1 N–H and O–H groups in total. The zero-order valence-electron chi connectivity index (χ0n) is 14.5. The van der Waals surface area contributed by atoms with Crippen molar-refractivity contribution < 1.29 is 0 Å². The summed E-state index contributed by atoms with van der Waals surface area (Å²) in [6.45, 7) is 1.87. The molecule has 26 heavy (non-hydrogen) atoms. The molecule has 0 saturated carbocycles. The second-order valence-electron chi connectivity index (χ2n) is 6.92. The van der Waals surface area contributed by atoms with Crippen molar-refractivity contribution in [3.05, 3.63) is 41.5 Å². The number of H-pyrrole nitrogens is 1. The van der Waals surface area contributed by atoms with Crippen LogP contribution in [0.1, 0.15) is 42.3 Å². The van der Waals surface area contributed by atoms with Gasteiger partial charge in [0.25, 0.3) is 0 Å². The normalized spacial score (nSPS) is 19.5. The van der Waals surface area contributed by atoms with E-state index in [4.69, 9.17) is 9.97 Å². The zero-order valence-corrected chi connectivity index (χ0v) is 14.5. The van der Waals surface area contributed by atoms with Gasteiger partial charge in [-0.3, -0.25) is 4.98 Å². The van der Waals surface area contributed by atoms with Crippen LogP contribution in [0.2, 0.25) is 0 Å². The molecule has 8 heteroatoms. The molecule has 0 bridgehead atoms. The van der Waals surface area contributed by atoms with Gasteiger partial charge < -0.3 is 4.90 Å². The van der Waals surface area contributed by atoms with Gasteiger partial charge in [0.2, 0.25) is 0 Å². The lowest BCUT2D eigenvalue weighted by atomic mass is 9.97. The lowest BCUT2D eigenvalue weighted by Gasteiger charge is -2.33. The number of tetrazole rings is 1. The van der Waals surface area contributed by atoms with Gasteiger partial charge in [-0.2, -0.15) is 5.21 Å². The number of anilines is 1. The van der Waals surface area contributed by atoms with E-state index >= 15 is 0 Å². The molecular weight excluding hydrogens is 328 g/mol. The fourth-order valence-electron chi connectivity index (χ4n) is 4.01. The van der Waals surface area contributed by atoms with Crippen LogP contribution in [0.5, 0.6) is 0 Å². The molecule has 0 aromatic carbocycles. The molecule has 5 rings (SSSR count). The van der Waals surface area contributed by atoms with E-state index in [1.807, 2.05) is 18.2 Å². The summed E-state index contributed by atoms with van der Waals surface area (Å²) >= 11 is 0. The van der Waals surface area contributed by atoms with E-state index in [2.05, 4.69) is 30.5 Å². The molecule has 3 aromatic heterocycles. The number of nitrogens with zero attached hydrogens (tertiary/aromatic N) is 7. The first-order chi connectivity index (χ1) is 12.9. The van der Waals surface area contributed by atoms with E-state index in [1.54, 1.807) is 6.20 Å². The third-order valence-corrected chi connectivity index (χ3v) is 5.25. The Morgan fingerprint density at radius 1 is 1.12 bits per heavy atom. The van der Waals surface area contributed by atoms with Crippen molar-refractivity contribution in [1.82, 2.24) is 35.6 Å². The van der Waals surface area contributed by atoms with Crippen LogP contribution in [0.15, 0.2) is 24.4 Å². The molecule has 3 aromatic rings. The molecule has 1 atom stereocenters. The van der Waals surface area contributed by atoms with Crippen molar-refractivity contribution in [3.63, 3.8) is 0 Å². The van der Waals surface area contributed by atoms with Crippen LogP contribution in [0.4, 0.5) is 5.82 Å². The van der Waals surface area contributed by atoms with E-state index in [0.29, 0.717) is 0 Å². The number of nitrogens with one attached hydrogen (secondary N) is 1. The predicted molar refractivity (Wildman–Crippen MR) is 95.7 cm³/mol. The van der Waals surface area contributed by atoms with E-state index < -0.39 is 0 Å². The highest BCUT2D eigenvalue weighted by molar-refractivity contribution is 5.59. The van der Waals surface area contributed by atoms with Crippen LogP contribution in [-0.2, 0) is 12.8 Å². The first-order valence-electron chi connectivity index (χ1n) is 9.18. The van der Waals surface area contributed by atoms with E-state index in [9.17, 15) is 0 Å². The molecule has 132 valence electrons.